The number of ether oxygens (including phenoxy) is 1. The lowest BCUT2D eigenvalue weighted by Gasteiger charge is -2.38. The first kappa shape index (κ1) is 23.1. The molecule has 1 saturated heterocycles. The molecule has 0 saturated carbocycles. The van der Waals surface area contributed by atoms with E-state index in [2.05, 4.69) is 9.97 Å². The zero-order valence-electron chi connectivity index (χ0n) is 18.2. The van der Waals surface area contributed by atoms with Crippen molar-refractivity contribution in [2.24, 2.45) is 0 Å². The molecule has 0 bridgehead atoms. The average Bonchev–Trinajstić information content (AvgIpc) is 3.19. The van der Waals surface area contributed by atoms with E-state index < -0.39 is 22.4 Å². The van der Waals surface area contributed by atoms with Gasteiger partial charge in [-0.3, -0.25) is 9.20 Å². The molecule has 0 spiro atoms. The number of piperidine rings is 1. The van der Waals surface area contributed by atoms with Crippen molar-refractivity contribution in [3.63, 3.8) is 0 Å². The molecule has 2 aromatic heterocycles. The Hall–Kier alpha value is -3.08. The van der Waals surface area contributed by atoms with Gasteiger partial charge in [0.1, 0.15) is 11.8 Å². The Morgan fingerprint density at radius 1 is 1.24 bits per heavy atom. The Morgan fingerprint density at radius 3 is 2.73 bits per heavy atom. The van der Waals surface area contributed by atoms with Crippen LogP contribution in [0.4, 0.5) is 8.78 Å². The van der Waals surface area contributed by atoms with Gasteiger partial charge in [-0.15, -0.1) is 0 Å². The van der Waals surface area contributed by atoms with Crippen molar-refractivity contribution in [1.82, 2.24) is 19.3 Å². The molecule has 0 N–H and O–H groups in total. The number of carbonyl (C=O) groups excluding carboxylic acids is 1. The van der Waals surface area contributed by atoms with Gasteiger partial charge in [0, 0.05) is 30.3 Å². The number of imidazole rings is 1. The molecule has 1 aliphatic heterocycles. The standard InChI is InChI=1S/C22H24F2N4O4S/c1-14-7-8-16(32-21-20-26-11-18(19(23)24)27(20)10-9-25-21)12-28(14)22(29)17-6-4-3-5-15(17)13-33(2,30)31/h3-6,9-11,14,16,19H,7-8,12-13H2,1-2H3/t14-,16-/m1/s1. The van der Waals surface area contributed by atoms with Gasteiger partial charge < -0.3 is 9.64 Å². The van der Waals surface area contributed by atoms with Crippen molar-refractivity contribution in [1.29, 1.82) is 0 Å². The highest BCUT2D eigenvalue weighted by molar-refractivity contribution is 7.89. The first-order chi connectivity index (χ1) is 15.6. The molecule has 0 radical (unpaired) electrons. The van der Waals surface area contributed by atoms with Crippen molar-refractivity contribution in [3.05, 3.63) is 59.7 Å². The van der Waals surface area contributed by atoms with Crippen LogP contribution in [0.25, 0.3) is 5.65 Å². The lowest BCUT2D eigenvalue weighted by atomic mass is 9.99. The van der Waals surface area contributed by atoms with E-state index in [9.17, 15) is 22.0 Å². The topological polar surface area (TPSA) is 93.9 Å². The smallest absolute Gasteiger partial charge is 0.280 e. The predicted molar refractivity (Wildman–Crippen MR) is 117 cm³/mol. The van der Waals surface area contributed by atoms with Gasteiger partial charge in [-0.05, 0) is 31.4 Å². The van der Waals surface area contributed by atoms with Crippen molar-refractivity contribution < 1.29 is 26.7 Å². The number of alkyl halides is 2. The molecule has 3 aromatic rings. The highest BCUT2D eigenvalue weighted by Gasteiger charge is 2.32. The molecule has 4 rings (SSSR count). The van der Waals surface area contributed by atoms with Crippen LogP contribution in [-0.4, -0.2) is 58.5 Å². The Balaban J connectivity index is 1.56. The maximum atomic E-state index is 13.4. The number of hydrogen-bond acceptors (Lipinski definition) is 6. The molecule has 2 atom stereocenters. The van der Waals surface area contributed by atoms with E-state index in [-0.39, 0.29) is 41.5 Å². The first-order valence-electron chi connectivity index (χ1n) is 10.5. The fourth-order valence-electron chi connectivity index (χ4n) is 4.06. The average molecular weight is 479 g/mol. The predicted octanol–water partition coefficient (Wildman–Crippen LogP) is 3.28. The monoisotopic (exact) mass is 478 g/mol. The Kier molecular flexibility index (Phi) is 6.33. The van der Waals surface area contributed by atoms with E-state index in [0.717, 1.165) is 12.5 Å². The molecule has 1 aromatic carbocycles. The van der Waals surface area contributed by atoms with Crippen LogP contribution >= 0.6 is 0 Å². The fraction of sp³-hybridized carbons (Fsp3) is 0.409. The van der Waals surface area contributed by atoms with Gasteiger partial charge in [-0.2, -0.15) is 0 Å². The first-order valence-corrected chi connectivity index (χ1v) is 12.5. The number of aromatic nitrogens is 3. The normalized spacial score (nSPS) is 19.2. The molecule has 176 valence electrons. The second-order valence-electron chi connectivity index (χ2n) is 8.26. The summed E-state index contributed by atoms with van der Waals surface area (Å²) in [5.41, 5.74) is 0.714. The van der Waals surface area contributed by atoms with Crippen LogP contribution in [0.2, 0.25) is 0 Å². The summed E-state index contributed by atoms with van der Waals surface area (Å²) in [4.78, 5) is 23.2. The summed E-state index contributed by atoms with van der Waals surface area (Å²) in [7, 11) is -3.32. The molecule has 0 aliphatic carbocycles. The summed E-state index contributed by atoms with van der Waals surface area (Å²) >= 11 is 0. The molecule has 8 nitrogen and oxygen atoms in total. The Labute approximate surface area is 190 Å². The highest BCUT2D eigenvalue weighted by Crippen LogP contribution is 2.28. The van der Waals surface area contributed by atoms with Crippen LogP contribution in [0.1, 0.15) is 47.8 Å². The van der Waals surface area contributed by atoms with Crippen LogP contribution in [-0.2, 0) is 15.6 Å². The van der Waals surface area contributed by atoms with E-state index in [0.29, 0.717) is 24.0 Å². The van der Waals surface area contributed by atoms with Gasteiger partial charge in [0.15, 0.2) is 9.84 Å². The van der Waals surface area contributed by atoms with E-state index in [1.54, 1.807) is 29.2 Å². The largest absolute Gasteiger partial charge is 0.470 e. The summed E-state index contributed by atoms with van der Waals surface area (Å²) in [6.45, 7) is 2.17. The van der Waals surface area contributed by atoms with Crippen LogP contribution < -0.4 is 4.74 Å². The molecule has 1 amide bonds. The lowest BCUT2D eigenvalue weighted by molar-refractivity contribution is 0.0375. The Morgan fingerprint density at radius 2 is 2.00 bits per heavy atom. The zero-order valence-corrected chi connectivity index (χ0v) is 19.0. The molecule has 33 heavy (non-hydrogen) atoms. The molecule has 1 fully saturated rings. The quantitative estimate of drug-likeness (QED) is 0.540. The fourth-order valence-corrected chi connectivity index (χ4v) is 4.88. The van der Waals surface area contributed by atoms with E-state index in [1.165, 1.54) is 16.8 Å². The second kappa shape index (κ2) is 9.05. The van der Waals surface area contributed by atoms with Crippen molar-refractivity contribution in [3.8, 4) is 5.88 Å². The summed E-state index contributed by atoms with van der Waals surface area (Å²) < 4.78 is 57.3. The van der Waals surface area contributed by atoms with Gasteiger partial charge in [-0.25, -0.2) is 27.2 Å². The third-order valence-corrected chi connectivity index (χ3v) is 6.53. The number of likely N-dealkylation sites (tertiary alicyclic amines) is 1. The minimum atomic E-state index is -3.32. The minimum Gasteiger partial charge on any atom is -0.470 e. The number of hydrogen-bond donors (Lipinski definition) is 0. The molecule has 1 aliphatic rings. The minimum absolute atomic E-state index is 0.0794. The van der Waals surface area contributed by atoms with Crippen LogP contribution in [0.15, 0.2) is 42.9 Å². The molecular formula is C22H24F2N4O4S. The maximum Gasteiger partial charge on any atom is 0.280 e. The number of carbonyl (C=O) groups is 1. The third-order valence-electron chi connectivity index (χ3n) is 5.69. The number of nitrogens with zero attached hydrogens (tertiary/aromatic N) is 4. The number of rotatable bonds is 6. The van der Waals surface area contributed by atoms with E-state index in [4.69, 9.17) is 4.74 Å². The van der Waals surface area contributed by atoms with Crippen LogP contribution in [0.3, 0.4) is 0 Å². The summed E-state index contributed by atoms with van der Waals surface area (Å²) in [6, 6.07) is 6.58. The Bertz CT molecular complexity index is 1280. The lowest BCUT2D eigenvalue weighted by Crippen LogP contribution is -2.49. The maximum absolute atomic E-state index is 13.4. The number of benzene rings is 1. The number of halogens is 2. The van der Waals surface area contributed by atoms with Gasteiger partial charge >= 0.3 is 0 Å². The second-order valence-corrected chi connectivity index (χ2v) is 10.4. The van der Waals surface area contributed by atoms with Crippen LogP contribution in [0.5, 0.6) is 5.88 Å². The van der Waals surface area contributed by atoms with Crippen molar-refractivity contribution in [2.45, 2.75) is 44.1 Å². The van der Waals surface area contributed by atoms with Crippen LogP contribution in [0, 0.1) is 0 Å². The van der Waals surface area contributed by atoms with E-state index >= 15 is 0 Å². The number of sulfone groups is 1. The van der Waals surface area contributed by atoms with Crippen molar-refractivity contribution in [2.75, 3.05) is 12.8 Å². The van der Waals surface area contributed by atoms with E-state index in [1.807, 2.05) is 6.92 Å². The molecule has 0 unspecified atom stereocenters. The molecular weight excluding hydrogens is 454 g/mol. The van der Waals surface area contributed by atoms with Gasteiger partial charge in [0.05, 0.1) is 18.5 Å². The van der Waals surface area contributed by atoms with Gasteiger partial charge in [0.2, 0.25) is 5.65 Å². The number of amides is 1. The molecule has 3 heterocycles. The van der Waals surface area contributed by atoms with Gasteiger partial charge in [-0.1, -0.05) is 18.2 Å². The zero-order chi connectivity index (χ0) is 23.8. The third kappa shape index (κ3) is 4.97. The highest BCUT2D eigenvalue weighted by atomic mass is 32.2. The number of fused-ring (bicyclic) bond motifs is 1. The van der Waals surface area contributed by atoms with Crippen molar-refractivity contribution >= 4 is 21.4 Å². The summed E-state index contributed by atoms with van der Waals surface area (Å²) in [5, 5.41) is 0. The van der Waals surface area contributed by atoms with Gasteiger partial charge in [0.25, 0.3) is 18.2 Å². The summed E-state index contributed by atoms with van der Waals surface area (Å²) in [6.07, 6.45) is 3.17. The molecule has 11 heteroatoms. The SMILES string of the molecule is C[C@@H]1CC[C@@H](Oc2nccn3c(C(F)F)cnc23)CN1C(=O)c1ccccc1CS(C)(=O)=O. The summed E-state index contributed by atoms with van der Waals surface area (Å²) in [5.74, 6) is -0.383.